The Bertz CT molecular complexity index is 777. The van der Waals surface area contributed by atoms with Crippen LogP contribution in [0.15, 0.2) is 39.6 Å². The van der Waals surface area contributed by atoms with Gasteiger partial charge in [0.05, 0.1) is 12.9 Å². The third kappa shape index (κ3) is 6.44. The van der Waals surface area contributed by atoms with E-state index in [0.717, 1.165) is 0 Å². The molecular weight excluding hydrogens is 374 g/mol. The molecule has 6 heteroatoms. The fourth-order valence-electron chi connectivity index (χ4n) is 2.80. The zero-order chi connectivity index (χ0) is 20.0. The molecule has 1 aromatic heterocycles. The van der Waals surface area contributed by atoms with Gasteiger partial charge in [-0.25, -0.2) is 4.79 Å². The first-order valence-corrected chi connectivity index (χ1v) is 9.96. The smallest absolute Gasteiger partial charge is 0.328 e. The van der Waals surface area contributed by atoms with E-state index in [9.17, 15) is 9.59 Å². The highest BCUT2D eigenvalue weighted by atomic mass is 32.2. The summed E-state index contributed by atoms with van der Waals surface area (Å²) in [5, 5.41) is 2.71. The van der Waals surface area contributed by atoms with Crippen LogP contribution in [0.5, 0.6) is 0 Å². The van der Waals surface area contributed by atoms with E-state index in [1.54, 1.807) is 23.9 Å². The molecule has 1 heterocycles. The molecule has 2 aromatic rings. The van der Waals surface area contributed by atoms with Gasteiger partial charge in [0, 0.05) is 4.90 Å². The lowest BCUT2D eigenvalue weighted by Crippen LogP contribution is -2.42. The molecule has 0 aliphatic rings. The highest BCUT2D eigenvalue weighted by Gasteiger charge is 2.24. The standard InChI is InChI=1S/C21H27NO4S.CH4/c1-13(2)11-17(21(24)25-5)22-20(23)18-10-9-16(26-18)12-27-19-14(3)7-6-8-15(19)4;/h6-10,13,17H,11-12H2,1-5H3,(H,22,23);1H4/t17-;/m1./s1. The van der Waals surface area contributed by atoms with Crippen molar-refractivity contribution in [1.29, 1.82) is 0 Å². The molecular formula is C22H31NO4S. The number of hydrogen-bond donors (Lipinski definition) is 1. The van der Waals surface area contributed by atoms with E-state index in [4.69, 9.17) is 9.15 Å². The lowest BCUT2D eigenvalue weighted by atomic mass is 10.0. The molecule has 28 heavy (non-hydrogen) atoms. The molecule has 2 rings (SSSR count). The van der Waals surface area contributed by atoms with Crippen molar-refractivity contribution in [2.45, 2.75) is 58.2 Å². The highest BCUT2D eigenvalue weighted by Crippen LogP contribution is 2.29. The van der Waals surface area contributed by atoms with E-state index in [2.05, 4.69) is 31.3 Å². The van der Waals surface area contributed by atoms with E-state index in [1.807, 2.05) is 19.9 Å². The maximum Gasteiger partial charge on any atom is 0.328 e. The summed E-state index contributed by atoms with van der Waals surface area (Å²) < 4.78 is 10.5. The van der Waals surface area contributed by atoms with Gasteiger partial charge < -0.3 is 14.5 Å². The van der Waals surface area contributed by atoms with Crippen molar-refractivity contribution >= 4 is 23.6 Å². The molecule has 0 aliphatic heterocycles. The molecule has 0 spiro atoms. The minimum atomic E-state index is -0.681. The molecule has 0 saturated heterocycles. The van der Waals surface area contributed by atoms with Crippen molar-refractivity contribution in [1.82, 2.24) is 5.32 Å². The van der Waals surface area contributed by atoms with Gasteiger partial charge in [-0.05, 0) is 49.4 Å². The first kappa shape index (κ1) is 23.8. The van der Waals surface area contributed by atoms with Crippen LogP contribution in [0.3, 0.4) is 0 Å². The third-order valence-electron chi connectivity index (χ3n) is 4.15. The maximum atomic E-state index is 12.4. The fourth-order valence-corrected chi connectivity index (χ4v) is 3.84. The number of furan rings is 1. The van der Waals surface area contributed by atoms with Crippen molar-refractivity contribution < 1.29 is 18.7 Å². The van der Waals surface area contributed by atoms with Crippen molar-refractivity contribution in [3.63, 3.8) is 0 Å². The van der Waals surface area contributed by atoms with E-state index < -0.39 is 17.9 Å². The van der Waals surface area contributed by atoms with Crippen molar-refractivity contribution in [3.8, 4) is 0 Å². The largest absolute Gasteiger partial charge is 0.467 e. The molecule has 0 saturated carbocycles. The molecule has 1 atom stereocenters. The number of carbonyl (C=O) groups excluding carboxylic acids is 2. The maximum absolute atomic E-state index is 12.4. The Morgan fingerprint density at radius 2 is 1.79 bits per heavy atom. The van der Waals surface area contributed by atoms with Crippen LogP contribution in [0.2, 0.25) is 0 Å². The number of hydrogen-bond acceptors (Lipinski definition) is 5. The zero-order valence-corrected chi connectivity index (χ0v) is 17.3. The number of carbonyl (C=O) groups is 2. The van der Waals surface area contributed by atoms with Crippen LogP contribution in [0.1, 0.15) is 55.1 Å². The number of thioether (sulfide) groups is 1. The first-order chi connectivity index (χ1) is 12.8. The predicted molar refractivity (Wildman–Crippen MR) is 114 cm³/mol. The Kier molecular flexibility index (Phi) is 9.32. The second-order valence-electron chi connectivity index (χ2n) is 6.95. The minimum Gasteiger partial charge on any atom is -0.467 e. The second kappa shape index (κ2) is 11.0. The topological polar surface area (TPSA) is 68.5 Å². The summed E-state index contributed by atoms with van der Waals surface area (Å²) in [6.07, 6.45) is 0.508. The number of esters is 1. The SMILES string of the molecule is C.COC(=O)[C@@H](CC(C)C)NC(=O)c1ccc(CSc2c(C)cccc2C)o1. The molecule has 0 bridgehead atoms. The average Bonchev–Trinajstić information content (AvgIpc) is 3.08. The van der Waals surface area contributed by atoms with Gasteiger partial charge in [-0.1, -0.05) is 39.5 Å². The van der Waals surface area contributed by atoms with Crippen LogP contribution in [0.25, 0.3) is 0 Å². The van der Waals surface area contributed by atoms with Crippen LogP contribution in [0, 0.1) is 19.8 Å². The Morgan fingerprint density at radius 1 is 1.14 bits per heavy atom. The van der Waals surface area contributed by atoms with Gasteiger partial charge in [-0.3, -0.25) is 4.79 Å². The van der Waals surface area contributed by atoms with Gasteiger partial charge in [0.25, 0.3) is 5.91 Å². The van der Waals surface area contributed by atoms with Gasteiger partial charge in [0.2, 0.25) is 0 Å². The Balaban J connectivity index is 0.00000392. The van der Waals surface area contributed by atoms with Gasteiger partial charge in [-0.2, -0.15) is 0 Å². The molecule has 0 fully saturated rings. The molecule has 1 amide bonds. The number of methoxy groups -OCH3 is 1. The van der Waals surface area contributed by atoms with Gasteiger partial charge in [0.15, 0.2) is 5.76 Å². The number of amides is 1. The van der Waals surface area contributed by atoms with Gasteiger partial charge >= 0.3 is 5.97 Å². The van der Waals surface area contributed by atoms with Crippen LogP contribution in [0.4, 0.5) is 0 Å². The minimum absolute atomic E-state index is 0. The lowest BCUT2D eigenvalue weighted by molar-refractivity contribution is -0.143. The fraction of sp³-hybridized carbons (Fsp3) is 0.455. The van der Waals surface area contributed by atoms with Crippen LogP contribution < -0.4 is 5.32 Å². The van der Waals surface area contributed by atoms with Gasteiger partial charge in [0.1, 0.15) is 11.8 Å². The molecule has 0 radical (unpaired) electrons. The Hall–Kier alpha value is -2.21. The normalized spacial score (nSPS) is 11.6. The second-order valence-corrected chi connectivity index (χ2v) is 7.94. The molecule has 1 N–H and O–H groups in total. The zero-order valence-electron chi connectivity index (χ0n) is 16.5. The number of aryl methyl sites for hydroxylation is 2. The van der Waals surface area contributed by atoms with Crippen LogP contribution in [-0.2, 0) is 15.3 Å². The summed E-state index contributed by atoms with van der Waals surface area (Å²) in [6, 6.07) is 8.96. The van der Waals surface area contributed by atoms with Crippen LogP contribution in [-0.4, -0.2) is 25.0 Å². The van der Waals surface area contributed by atoms with Gasteiger partial charge in [-0.15, -0.1) is 11.8 Å². The molecule has 154 valence electrons. The quantitative estimate of drug-likeness (QED) is 0.486. The molecule has 0 unspecified atom stereocenters. The Labute approximate surface area is 172 Å². The van der Waals surface area contributed by atoms with Crippen molar-refractivity contribution in [2.24, 2.45) is 5.92 Å². The van der Waals surface area contributed by atoms with E-state index in [1.165, 1.54) is 23.1 Å². The van der Waals surface area contributed by atoms with E-state index in [-0.39, 0.29) is 19.1 Å². The monoisotopic (exact) mass is 405 g/mol. The number of nitrogens with one attached hydrogen (secondary N) is 1. The highest BCUT2D eigenvalue weighted by molar-refractivity contribution is 7.98. The molecule has 5 nitrogen and oxygen atoms in total. The predicted octanol–water partition coefficient (Wildman–Crippen LogP) is 5.14. The summed E-state index contributed by atoms with van der Waals surface area (Å²) in [4.78, 5) is 25.5. The van der Waals surface area contributed by atoms with E-state index in [0.29, 0.717) is 17.9 Å². The van der Waals surface area contributed by atoms with Crippen LogP contribution >= 0.6 is 11.8 Å². The summed E-state index contributed by atoms with van der Waals surface area (Å²) in [6.45, 7) is 8.13. The Morgan fingerprint density at radius 3 is 2.36 bits per heavy atom. The first-order valence-electron chi connectivity index (χ1n) is 8.98. The molecule has 0 aliphatic carbocycles. The lowest BCUT2D eigenvalue weighted by Gasteiger charge is -2.17. The average molecular weight is 406 g/mol. The third-order valence-corrected chi connectivity index (χ3v) is 5.51. The van der Waals surface area contributed by atoms with Crippen molar-refractivity contribution in [2.75, 3.05) is 7.11 Å². The number of ether oxygens (including phenoxy) is 1. The number of benzene rings is 1. The molecule has 1 aromatic carbocycles. The van der Waals surface area contributed by atoms with E-state index >= 15 is 0 Å². The number of rotatable bonds is 8. The summed E-state index contributed by atoms with van der Waals surface area (Å²) in [5.74, 6) is 0.931. The summed E-state index contributed by atoms with van der Waals surface area (Å²) in [7, 11) is 1.32. The summed E-state index contributed by atoms with van der Waals surface area (Å²) in [5.41, 5.74) is 2.44. The van der Waals surface area contributed by atoms with Crippen molar-refractivity contribution in [3.05, 3.63) is 53.0 Å². The summed E-state index contributed by atoms with van der Waals surface area (Å²) >= 11 is 1.68.